The lowest BCUT2D eigenvalue weighted by atomic mass is 10.2. The minimum absolute atomic E-state index is 0.0608. The molecule has 0 atom stereocenters. The second kappa shape index (κ2) is 8.13. The molecule has 23 heavy (non-hydrogen) atoms. The number of hydrogen-bond donors (Lipinski definition) is 1. The molecule has 0 aliphatic heterocycles. The van der Waals surface area contributed by atoms with Gasteiger partial charge in [0.15, 0.2) is 0 Å². The first-order valence-electron chi connectivity index (χ1n) is 7.76. The molecule has 0 spiro atoms. The standard InChI is InChI=1S/C17H19NO2S3/c19-16(11-22-13-3-1-2-4-13)18-9-14-5-6-15(23-14)17(20)12-7-8-21-10-12/h5-8,10,13H,1-4,9,11H2,(H,18,19). The van der Waals surface area contributed by atoms with E-state index in [1.54, 1.807) is 11.8 Å². The zero-order valence-corrected chi connectivity index (χ0v) is 15.2. The third-order valence-corrected chi connectivity index (χ3v) is 7.02. The fraction of sp³-hybridized carbons (Fsp3) is 0.412. The van der Waals surface area contributed by atoms with Gasteiger partial charge in [0.2, 0.25) is 11.7 Å². The highest BCUT2D eigenvalue weighted by Crippen LogP contribution is 2.29. The Balaban J connectivity index is 1.45. The fourth-order valence-corrected chi connectivity index (χ4v) is 5.32. The number of rotatable bonds is 7. The number of amides is 1. The molecule has 3 rings (SSSR count). The average molecular weight is 366 g/mol. The summed E-state index contributed by atoms with van der Waals surface area (Å²) >= 11 is 4.76. The van der Waals surface area contributed by atoms with Crippen LogP contribution in [0.4, 0.5) is 0 Å². The van der Waals surface area contributed by atoms with Crippen LogP contribution in [-0.2, 0) is 11.3 Å². The smallest absolute Gasteiger partial charge is 0.230 e. The Kier molecular flexibility index (Phi) is 5.91. The summed E-state index contributed by atoms with van der Waals surface area (Å²) in [5.41, 5.74) is 0.736. The fourth-order valence-electron chi connectivity index (χ4n) is 2.62. The summed E-state index contributed by atoms with van der Waals surface area (Å²) in [5.74, 6) is 0.683. The van der Waals surface area contributed by atoms with Gasteiger partial charge in [0.1, 0.15) is 0 Å². The first-order chi connectivity index (χ1) is 11.2. The predicted octanol–water partition coefficient (Wildman–Crippen LogP) is 4.33. The maximum Gasteiger partial charge on any atom is 0.230 e. The van der Waals surface area contributed by atoms with Gasteiger partial charge in [0.05, 0.1) is 17.2 Å². The van der Waals surface area contributed by atoms with Crippen LogP contribution in [0.3, 0.4) is 0 Å². The zero-order chi connectivity index (χ0) is 16.1. The lowest BCUT2D eigenvalue weighted by molar-refractivity contribution is -0.118. The van der Waals surface area contributed by atoms with Gasteiger partial charge in [-0.1, -0.05) is 12.8 Å². The van der Waals surface area contributed by atoms with Crippen molar-refractivity contribution in [2.75, 3.05) is 5.75 Å². The van der Waals surface area contributed by atoms with Crippen molar-refractivity contribution in [2.45, 2.75) is 37.5 Å². The molecule has 2 aromatic rings. The van der Waals surface area contributed by atoms with E-state index in [1.165, 1.54) is 48.4 Å². The number of carbonyl (C=O) groups excluding carboxylic acids is 2. The first kappa shape index (κ1) is 16.7. The molecule has 1 saturated carbocycles. The van der Waals surface area contributed by atoms with Crippen molar-refractivity contribution < 1.29 is 9.59 Å². The van der Waals surface area contributed by atoms with Gasteiger partial charge in [0.25, 0.3) is 0 Å². The van der Waals surface area contributed by atoms with Crippen molar-refractivity contribution in [3.63, 3.8) is 0 Å². The van der Waals surface area contributed by atoms with Crippen LogP contribution in [0.25, 0.3) is 0 Å². The van der Waals surface area contributed by atoms with Crippen molar-refractivity contribution in [1.29, 1.82) is 0 Å². The molecule has 1 N–H and O–H groups in total. The van der Waals surface area contributed by atoms with E-state index in [4.69, 9.17) is 0 Å². The van der Waals surface area contributed by atoms with Crippen LogP contribution in [-0.4, -0.2) is 22.7 Å². The molecule has 6 heteroatoms. The number of thioether (sulfide) groups is 1. The topological polar surface area (TPSA) is 46.2 Å². The summed E-state index contributed by atoms with van der Waals surface area (Å²) in [4.78, 5) is 25.9. The maximum absolute atomic E-state index is 12.2. The lowest BCUT2D eigenvalue weighted by Crippen LogP contribution is -2.24. The Morgan fingerprint density at radius 1 is 1.22 bits per heavy atom. The van der Waals surface area contributed by atoms with Crippen LogP contribution in [0.5, 0.6) is 0 Å². The van der Waals surface area contributed by atoms with Crippen LogP contribution >= 0.6 is 34.4 Å². The van der Waals surface area contributed by atoms with Gasteiger partial charge in [-0.15, -0.1) is 23.1 Å². The minimum Gasteiger partial charge on any atom is -0.350 e. The Bertz CT molecular complexity index is 657. The average Bonchev–Trinajstić information content (AvgIpc) is 3.33. The highest BCUT2D eigenvalue weighted by atomic mass is 32.2. The molecule has 2 heterocycles. The minimum atomic E-state index is 0.0608. The number of thiophene rings is 2. The van der Waals surface area contributed by atoms with E-state index in [9.17, 15) is 9.59 Å². The maximum atomic E-state index is 12.2. The van der Waals surface area contributed by atoms with Crippen molar-refractivity contribution in [3.05, 3.63) is 44.3 Å². The molecular formula is C17H19NO2S3. The predicted molar refractivity (Wildman–Crippen MR) is 98.6 cm³/mol. The quantitative estimate of drug-likeness (QED) is 0.743. The molecule has 0 aromatic carbocycles. The van der Waals surface area contributed by atoms with Crippen molar-refractivity contribution in [2.24, 2.45) is 0 Å². The zero-order valence-electron chi connectivity index (χ0n) is 12.7. The summed E-state index contributed by atoms with van der Waals surface area (Å²) in [6.45, 7) is 0.506. The van der Waals surface area contributed by atoms with Crippen molar-refractivity contribution in [3.8, 4) is 0 Å². The molecule has 0 radical (unpaired) electrons. The molecule has 1 aliphatic carbocycles. The number of nitrogens with one attached hydrogen (secondary N) is 1. The SMILES string of the molecule is O=C(CSC1CCCC1)NCc1ccc(C(=O)c2ccsc2)s1. The van der Waals surface area contributed by atoms with Gasteiger partial charge < -0.3 is 5.32 Å². The Labute approximate surface area is 148 Å². The Hall–Kier alpha value is -1.11. The number of hydrogen-bond acceptors (Lipinski definition) is 5. The second-order valence-corrected chi connectivity index (χ2v) is 8.84. The summed E-state index contributed by atoms with van der Waals surface area (Å²) in [6.07, 6.45) is 5.10. The third-order valence-electron chi connectivity index (χ3n) is 3.88. The van der Waals surface area contributed by atoms with Gasteiger partial charge in [-0.3, -0.25) is 9.59 Å². The Morgan fingerprint density at radius 2 is 2.04 bits per heavy atom. The molecule has 0 unspecified atom stereocenters. The first-order valence-corrected chi connectivity index (χ1v) is 10.6. The van der Waals surface area contributed by atoms with E-state index >= 15 is 0 Å². The highest BCUT2D eigenvalue weighted by molar-refractivity contribution is 8.00. The highest BCUT2D eigenvalue weighted by Gasteiger charge is 2.17. The van der Waals surface area contributed by atoms with Crippen LogP contribution in [0.2, 0.25) is 0 Å². The summed E-state index contributed by atoms with van der Waals surface area (Å²) in [7, 11) is 0. The largest absolute Gasteiger partial charge is 0.350 e. The van der Waals surface area contributed by atoms with Gasteiger partial charge in [-0.2, -0.15) is 11.3 Å². The monoisotopic (exact) mass is 365 g/mol. The van der Waals surface area contributed by atoms with Gasteiger partial charge >= 0.3 is 0 Å². The molecule has 0 bridgehead atoms. The van der Waals surface area contributed by atoms with Crippen LogP contribution in [0.15, 0.2) is 29.0 Å². The van der Waals surface area contributed by atoms with Crippen LogP contribution in [0, 0.1) is 0 Å². The molecule has 1 fully saturated rings. The molecule has 0 saturated heterocycles. The normalized spacial score (nSPS) is 15.0. The second-order valence-electron chi connectivity index (χ2n) is 5.60. The Morgan fingerprint density at radius 3 is 2.78 bits per heavy atom. The molecule has 1 amide bonds. The van der Waals surface area contributed by atoms with E-state index in [-0.39, 0.29) is 11.7 Å². The van der Waals surface area contributed by atoms with E-state index in [0.717, 1.165) is 15.3 Å². The lowest BCUT2D eigenvalue weighted by Gasteiger charge is -2.08. The van der Waals surface area contributed by atoms with E-state index in [1.807, 2.05) is 29.0 Å². The number of ketones is 1. The van der Waals surface area contributed by atoms with E-state index in [2.05, 4.69) is 5.32 Å². The van der Waals surface area contributed by atoms with Gasteiger partial charge in [-0.05, 0) is 36.4 Å². The molecular weight excluding hydrogens is 346 g/mol. The van der Waals surface area contributed by atoms with E-state index in [0.29, 0.717) is 17.5 Å². The van der Waals surface area contributed by atoms with E-state index < -0.39 is 0 Å². The molecule has 2 aromatic heterocycles. The number of carbonyl (C=O) groups is 2. The van der Waals surface area contributed by atoms with Crippen molar-refractivity contribution in [1.82, 2.24) is 5.32 Å². The van der Waals surface area contributed by atoms with Gasteiger partial charge in [0, 0.05) is 21.1 Å². The molecule has 122 valence electrons. The van der Waals surface area contributed by atoms with Crippen LogP contribution < -0.4 is 5.32 Å². The van der Waals surface area contributed by atoms with Gasteiger partial charge in [-0.25, -0.2) is 0 Å². The third kappa shape index (κ3) is 4.68. The molecule has 3 nitrogen and oxygen atoms in total. The summed E-state index contributed by atoms with van der Waals surface area (Å²) < 4.78 is 0. The van der Waals surface area contributed by atoms with Crippen LogP contribution in [0.1, 0.15) is 45.8 Å². The summed E-state index contributed by atoms with van der Waals surface area (Å²) in [5, 5.41) is 7.39. The summed E-state index contributed by atoms with van der Waals surface area (Å²) in [6, 6.07) is 5.61. The molecule has 1 aliphatic rings. The van der Waals surface area contributed by atoms with Crippen molar-refractivity contribution >= 4 is 46.1 Å².